The lowest BCUT2D eigenvalue weighted by atomic mass is 10.1. The second-order valence-electron chi connectivity index (χ2n) is 8.57. The van der Waals surface area contributed by atoms with E-state index in [0.717, 1.165) is 13.0 Å². The molecule has 0 aliphatic carbocycles. The molecule has 0 aromatic heterocycles. The molecule has 210 valence electrons. The maximum Gasteiger partial charge on any atom is 0.261 e. The van der Waals surface area contributed by atoms with Crippen LogP contribution in [0.15, 0.2) is 24.3 Å². The lowest BCUT2D eigenvalue weighted by molar-refractivity contribution is -0.0217. The van der Waals surface area contributed by atoms with E-state index in [0.29, 0.717) is 96.3 Å². The number of benzene rings is 1. The van der Waals surface area contributed by atoms with Crippen molar-refractivity contribution in [3.63, 3.8) is 0 Å². The lowest BCUT2D eigenvalue weighted by Gasteiger charge is -2.13. The second-order valence-corrected chi connectivity index (χ2v) is 8.57. The Kier molecular flexibility index (Phi) is 17.0. The van der Waals surface area contributed by atoms with Crippen LogP contribution in [0.25, 0.3) is 0 Å². The standard InChI is InChI=1S/C27H43NO9/c1-3-23(2)22-37-21-20-36-19-18-35-17-16-34-15-14-33-13-12-32-11-10-31-9-8-28-26(29)24-6-4-5-7-25(24)27(28)30/h4-7,23H,3,8-22H2,1-2H3. The van der Waals surface area contributed by atoms with Crippen LogP contribution in [0.1, 0.15) is 41.0 Å². The molecule has 0 saturated heterocycles. The topological polar surface area (TPSA) is 102 Å². The summed E-state index contributed by atoms with van der Waals surface area (Å²) in [6.07, 6.45) is 1.13. The maximum atomic E-state index is 12.3. The smallest absolute Gasteiger partial charge is 0.261 e. The number of hydrogen-bond donors (Lipinski definition) is 0. The van der Waals surface area contributed by atoms with Crippen molar-refractivity contribution in [1.29, 1.82) is 0 Å². The van der Waals surface area contributed by atoms with Gasteiger partial charge in [-0.1, -0.05) is 32.4 Å². The number of hydrogen-bond acceptors (Lipinski definition) is 9. The first-order valence-corrected chi connectivity index (χ1v) is 13.1. The first-order chi connectivity index (χ1) is 18.1. The highest BCUT2D eigenvalue weighted by Gasteiger charge is 2.34. The van der Waals surface area contributed by atoms with Crippen molar-refractivity contribution in [2.45, 2.75) is 20.3 Å². The van der Waals surface area contributed by atoms with E-state index in [4.69, 9.17) is 33.2 Å². The summed E-state index contributed by atoms with van der Waals surface area (Å²) in [6.45, 7) is 11.6. The van der Waals surface area contributed by atoms with Crippen molar-refractivity contribution in [2.75, 3.05) is 99.0 Å². The van der Waals surface area contributed by atoms with E-state index in [9.17, 15) is 9.59 Å². The molecule has 1 atom stereocenters. The van der Waals surface area contributed by atoms with E-state index in [1.165, 1.54) is 4.90 Å². The van der Waals surface area contributed by atoms with E-state index in [2.05, 4.69) is 13.8 Å². The number of ether oxygens (including phenoxy) is 7. The van der Waals surface area contributed by atoms with Gasteiger partial charge in [0.1, 0.15) is 0 Å². The maximum absolute atomic E-state index is 12.3. The summed E-state index contributed by atoms with van der Waals surface area (Å²) in [6, 6.07) is 6.83. The van der Waals surface area contributed by atoms with Crippen molar-refractivity contribution in [3.8, 4) is 0 Å². The van der Waals surface area contributed by atoms with Gasteiger partial charge in [-0.2, -0.15) is 0 Å². The number of rotatable bonds is 24. The predicted molar refractivity (Wildman–Crippen MR) is 137 cm³/mol. The van der Waals surface area contributed by atoms with Crippen molar-refractivity contribution >= 4 is 11.8 Å². The fraction of sp³-hybridized carbons (Fsp3) is 0.704. The van der Waals surface area contributed by atoms with Gasteiger partial charge in [-0.3, -0.25) is 14.5 Å². The monoisotopic (exact) mass is 525 g/mol. The van der Waals surface area contributed by atoms with Gasteiger partial charge in [0.2, 0.25) is 0 Å². The molecule has 1 aromatic rings. The van der Waals surface area contributed by atoms with Crippen molar-refractivity contribution in [3.05, 3.63) is 35.4 Å². The van der Waals surface area contributed by atoms with Gasteiger partial charge >= 0.3 is 0 Å². The number of carbonyl (C=O) groups is 2. The van der Waals surface area contributed by atoms with E-state index >= 15 is 0 Å². The van der Waals surface area contributed by atoms with Crippen LogP contribution in [0.5, 0.6) is 0 Å². The van der Waals surface area contributed by atoms with Crippen LogP contribution in [-0.2, 0) is 33.2 Å². The fourth-order valence-electron chi connectivity index (χ4n) is 3.32. The molecule has 1 unspecified atom stereocenters. The molecule has 0 saturated carbocycles. The summed E-state index contributed by atoms with van der Waals surface area (Å²) < 4.78 is 38.2. The quantitative estimate of drug-likeness (QED) is 0.149. The minimum absolute atomic E-state index is 0.225. The first kappa shape index (κ1) is 31.3. The Morgan fingerprint density at radius 2 is 0.946 bits per heavy atom. The van der Waals surface area contributed by atoms with Crippen molar-refractivity contribution in [1.82, 2.24) is 4.90 Å². The minimum Gasteiger partial charge on any atom is -0.379 e. The van der Waals surface area contributed by atoms with Crippen LogP contribution in [0.4, 0.5) is 0 Å². The number of fused-ring (bicyclic) bond motifs is 1. The number of amides is 2. The summed E-state index contributed by atoms with van der Waals surface area (Å²) in [4.78, 5) is 25.7. The molecule has 0 bridgehead atoms. The zero-order valence-corrected chi connectivity index (χ0v) is 22.3. The summed E-state index contributed by atoms with van der Waals surface area (Å²) >= 11 is 0. The Morgan fingerprint density at radius 1 is 0.595 bits per heavy atom. The van der Waals surface area contributed by atoms with Gasteiger partial charge in [-0.05, 0) is 18.1 Å². The molecule has 10 heteroatoms. The molecule has 0 N–H and O–H groups in total. The molecular weight excluding hydrogens is 482 g/mol. The fourth-order valence-corrected chi connectivity index (χ4v) is 3.32. The summed E-state index contributed by atoms with van der Waals surface area (Å²) in [5.41, 5.74) is 0.898. The molecule has 0 fully saturated rings. The average molecular weight is 526 g/mol. The van der Waals surface area contributed by atoms with E-state index in [1.807, 2.05) is 0 Å². The second kappa shape index (κ2) is 20.1. The molecule has 37 heavy (non-hydrogen) atoms. The van der Waals surface area contributed by atoms with Gasteiger partial charge in [0.25, 0.3) is 11.8 Å². The number of imide groups is 1. The first-order valence-electron chi connectivity index (χ1n) is 13.1. The molecule has 1 aliphatic heterocycles. The molecule has 0 spiro atoms. The van der Waals surface area contributed by atoms with Crippen LogP contribution in [0, 0.1) is 5.92 Å². The molecule has 1 aliphatic rings. The third-order valence-electron chi connectivity index (χ3n) is 5.67. The molecule has 1 heterocycles. The van der Waals surface area contributed by atoms with E-state index in [-0.39, 0.29) is 25.0 Å². The van der Waals surface area contributed by atoms with Gasteiger partial charge in [0.05, 0.1) is 104 Å². The molecule has 1 aromatic carbocycles. The van der Waals surface area contributed by atoms with E-state index in [1.54, 1.807) is 24.3 Å². The van der Waals surface area contributed by atoms with Gasteiger partial charge in [0.15, 0.2) is 0 Å². The zero-order valence-electron chi connectivity index (χ0n) is 22.3. The van der Waals surface area contributed by atoms with Crippen LogP contribution in [0.3, 0.4) is 0 Å². The van der Waals surface area contributed by atoms with Crippen LogP contribution >= 0.6 is 0 Å². The molecule has 2 rings (SSSR count). The normalized spacial score (nSPS) is 13.9. The van der Waals surface area contributed by atoms with Gasteiger partial charge < -0.3 is 33.2 Å². The Balaban J connectivity index is 1.26. The van der Waals surface area contributed by atoms with Gasteiger partial charge in [-0.25, -0.2) is 0 Å². The molecule has 10 nitrogen and oxygen atoms in total. The number of carbonyl (C=O) groups excluding carboxylic acids is 2. The van der Waals surface area contributed by atoms with Crippen LogP contribution in [0.2, 0.25) is 0 Å². The lowest BCUT2D eigenvalue weighted by Crippen LogP contribution is -2.33. The Hall–Kier alpha value is -1.92. The van der Waals surface area contributed by atoms with Crippen LogP contribution < -0.4 is 0 Å². The largest absolute Gasteiger partial charge is 0.379 e. The molecule has 2 amide bonds. The highest BCUT2D eigenvalue weighted by atomic mass is 16.6. The number of nitrogens with zero attached hydrogens (tertiary/aromatic N) is 1. The van der Waals surface area contributed by atoms with Gasteiger partial charge in [0, 0.05) is 6.61 Å². The summed E-state index contributed by atoms with van der Waals surface area (Å²) in [7, 11) is 0. The highest BCUT2D eigenvalue weighted by molar-refractivity contribution is 6.21. The third kappa shape index (κ3) is 12.9. The SMILES string of the molecule is CCC(C)COCCOCCOCCOCCOCCOCCOCCN1C(=O)c2ccccc2C1=O. The van der Waals surface area contributed by atoms with Crippen molar-refractivity contribution in [2.24, 2.45) is 5.92 Å². The van der Waals surface area contributed by atoms with Crippen LogP contribution in [-0.4, -0.2) is 116 Å². The zero-order chi connectivity index (χ0) is 26.6. The predicted octanol–water partition coefficient (Wildman–Crippen LogP) is 2.44. The molecule has 0 radical (unpaired) electrons. The third-order valence-corrected chi connectivity index (χ3v) is 5.67. The minimum atomic E-state index is -0.270. The average Bonchev–Trinajstić information content (AvgIpc) is 3.16. The summed E-state index contributed by atoms with van der Waals surface area (Å²) in [5, 5.41) is 0. The molecular formula is C27H43NO9. The Bertz CT molecular complexity index is 726. The Labute approximate surface area is 220 Å². The highest BCUT2D eigenvalue weighted by Crippen LogP contribution is 2.21. The van der Waals surface area contributed by atoms with Crippen molar-refractivity contribution < 1.29 is 42.7 Å². The van der Waals surface area contributed by atoms with Gasteiger partial charge in [-0.15, -0.1) is 0 Å². The Morgan fingerprint density at radius 3 is 1.32 bits per heavy atom. The summed E-state index contributed by atoms with van der Waals surface area (Å²) in [5.74, 6) is 0.0507. The van der Waals surface area contributed by atoms with E-state index < -0.39 is 0 Å².